The lowest BCUT2D eigenvalue weighted by molar-refractivity contribution is -0.134. The van der Waals surface area contributed by atoms with Crippen molar-refractivity contribution in [3.05, 3.63) is 23.9 Å². The number of carbonyl (C=O) groups is 2. The van der Waals surface area contributed by atoms with Gasteiger partial charge in [0.25, 0.3) is 5.91 Å². The molecule has 2 saturated heterocycles. The van der Waals surface area contributed by atoms with E-state index < -0.39 is 0 Å². The fraction of sp³-hybridized carbons (Fsp3) is 0.708. The number of anilines is 1. The van der Waals surface area contributed by atoms with Crippen LogP contribution in [0.25, 0.3) is 0 Å². The molecule has 0 unspecified atom stereocenters. The highest BCUT2D eigenvalue weighted by Crippen LogP contribution is 2.25. The Morgan fingerprint density at radius 2 is 1.75 bits per heavy atom. The monoisotopic (exact) mass is 442 g/mol. The Morgan fingerprint density at radius 1 is 1.03 bits per heavy atom. The van der Waals surface area contributed by atoms with E-state index in [2.05, 4.69) is 38.8 Å². The lowest BCUT2D eigenvalue weighted by Crippen LogP contribution is -2.56. The number of piperazine rings is 2. The van der Waals surface area contributed by atoms with Gasteiger partial charge in [-0.25, -0.2) is 4.98 Å². The maximum Gasteiger partial charge on any atom is 0.252 e. The Hall–Kier alpha value is -2.19. The number of amides is 2. The van der Waals surface area contributed by atoms with Crippen LogP contribution >= 0.6 is 0 Å². The lowest BCUT2D eigenvalue weighted by atomic mass is 9.91. The highest BCUT2D eigenvalue weighted by Gasteiger charge is 2.30. The van der Waals surface area contributed by atoms with Gasteiger partial charge in [-0.2, -0.15) is 0 Å². The topological polar surface area (TPSA) is 72.0 Å². The second kappa shape index (κ2) is 10.6. The number of pyridine rings is 1. The number of rotatable bonds is 7. The molecule has 2 aliphatic heterocycles. The van der Waals surface area contributed by atoms with E-state index in [-0.39, 0.29) is 11.8 Å². The molecule has 3 heterocycles. The van der Waals surface area contributed by atoms with E-state index in [1.807, 2.05) is 17.0 Å². The first-order chi connectivity index (χ1) is 15.5. The van der Waals surface area contributed by atoms with Gasteiger partial charge in [0.1, 0.15) is 5.82 Å². The molecule has 1 saturated carbocycles. The minimum Gasteiger partial charge on any atom is -0.354 e. The Kier molecular flexibility index (Phi) is 7.63. The number of nitrogens with one attached hydrogen (secondary N) is 1. The Labute approximate surface area is 191 Å². The van der Waals surface area contributed by atoms with E-state index in [1.54, 1.807) is 6.20 Å². The summed E-state index contributed by atoms with van der Waals surface area (Å²) in [5, 5.41) is 2.92. The zero-order valence-corrected chi connectivity index (χ0v) is 19.6. The zero-order valence-electron chi connectivity index (χ0n) is 19.6. The third-order valence-corrected chi connectivity index (χ3v) is 6.99. The lowest BCUT2D eigenvalue weighted by Gasteiger charge is -2.43. The van der Waals surface area contributed by atoms with Gasteiger partial charge >= 0.3 is 0 Å². The first-order valence-corrected chi connectivity index (χ1v) is 12.2. The van der Waals surface area contributed by atoms with E-state index in [1.165, 1.54) is 19.3 Å². The molecule has 3 aliphatic rings. The van der Waals surface area contributed by atoms with Gasteiger partial charge in [-0.15, -0.1) is 0 Å². The highest BCUT2D eigenvalue weighted by atomic mass is 16.2. The van der Waals surface area contributed by atoms with E-state index >= 15 is 0 Å². The van der Waals surface area contributed by atoms with Crippen LogP contribution in [0.15, 0.2) is 18.3 Å². The van der Waals surface area contributed by atoms with Crippen molar-refractivity contribution in [1.29, 1.82) is 0 Å². The molecule has 8 heteroatoms. The van der Waals surface area contributed by atoms with Crippen LogP contribution in [-0.4, -0.2) is 103 Å². The molecule has 0 aromatic carbocycles. The van der Waals surface area contributed by atoms with Crippen LogP contribution in [0.5, 0.6) is 0 Å². The third kappa shape index (κ3) is 5.78. The van der Waals surface area contributed by atoms with Crippen LogP contribution in [0, 0.1) is 5.92 Å². The molecule has 0 spiro atoms. The van der Waals surface area contributed by atoms with Crippen molar-refractivity contribution in [2.24, 2.45) is 5.92 Å². The van der Waals surface area contributed by atoms with Crippen LogP contribution in [0.1, 0.15) is 43.5 Å². The molecular weight excluding hydrogens is 404 g/mol. The maximum absolute atomic E-state index is 12.8. The van der Waals surface area contributed by atoms with E-state index in [0.717, 1.165) is 64.2 Å². The molecule has 1 N–H and O–H groups in total. The third-order valence-electron chi connectivity index (χ3n) is 6.99. The van der Waals surface area contributed by atoms with Gasteiger partial charge in [-0.3, -0.25) is 19.4 Å². The van der Waals surface area contributed by atoms with Crippen molar-refractivity contribution in [2.75, 3.05) is 70.3 Å². The normalized spacial score (nSPS) is 21.0. The molecule has 2 amide bonds. The summed E-state index contributed by atoms with van der Waals surface area (Å²) < 4.78 is 0. The van der Waals surface area contributed by atoms with Gasteiger partial charge in [-0.1, -0.05) is 20.3 Å². The van der Waals surface area contributed by atoms with Crippen molar-refractivity contribution in [3.63, 3.8) is 0 Å². The smallest absolute Gasteiger partial charge is 0.252 e. The van der Waals surface area contributed by atoms with Gasteiger partial charge in [0, 0.05) is 71.1 Å². The minimum atomic E-state index is -0.0744. The molecule has 176 valence electrons. The summed E-state index contributed by atoms with van der Waals surface area (Å²) in [6, 6.07) is 4.54. The molecule has 0 bridgehead atoms. The van der Waals surface area contributed by atoms with Crippen molar-refractivity contribution in [3.8, 4) is 0 Å². The number of nitrogens with zero attached hydrogens (tertiary/aromatic N) is 5. The molecule has 0 radical (unpaired) electrons. The van der Waals surface area contributed by atoms with Crippen molar-refractivity contribution in [2.45, 2.75) is 39.2 Å². The Balaban J connectivity index is 1.18. The van der Waals surface area contributed by atoms with Crippen molar-refractivity contribution in [1.82, 2.24) is 25.0 Å². The summed E-state index contributed by atoms with van der Waals surface area (Å²) in [7, 11) is 0. The fourth-order valence-corrected chi connectivity index (χ4v) is 4.62. The minimum absolute atomic E-state index is 0.0744. The van der Waals surface area contributed by atoms with Crippen LogP contribution in [0.2, 0.25) is 0 Å². The zero-order chi connectivity index (χ0) is 22.5. The molecule has 1 aliphatic carbocycles. The van der Waals surface area contributed by atoms with Gasteiger partial charge in [0.15, 0.2) is 0 Å². The molecule has 4 rings (SSSR count). The average Bonchev–Trinajstić information content (AvgIpc) is 2.77. The quantitative estimate of drug-likeness (QED) is 0.686. The van der Waals surface area contributed by atoms with Crippen molar-refractivity contribution < 1.29 is 9.59 Å². The first-order valence-electron chi connectivity index (χ1n) is 12.2. The first kappa shape index (κ1) is 23.0. The SMILES string of the molecule is CC(C)CNC(=O)c1ccc(N2CCN(CC(=O)N3CCN(C4CCC4)CC3)CC2)nc1. The summed E-state index contributed by atoms with van der Waals surface area (Å²) in [5.74, 6) is 1.51. The van der Waals surface area contributed by atoms with Crippen LogP contribution < -0.4 is 10.2 Å². The van der Waals surface area contributed by atoms with Gasteiger partial charge in [0.2, 0.25) is 5.91 Å². The number of hydrogen-bond donors (Lipinski definition) is 1. The van der Waals surface area contributed by atoms with Gasteiger partial charge in [-0.05, 0) is 30.9 Å². The van der Waals surface area contributed by atoms with E-state index in [0.29, 0.717) is 24.6 Å². The second-order valence-electron chi connectivity index (χ2n) is 9.77. The molecular formula is C24H38N6O2. The predicted molar refractivity (Wildman–Crippen MR) is 126 cm³/mol. The van der Waals surface area contributed by atoms with Gasteiger partial charge in [0.05, 0.1) is 12.1 Å². The van der Waals surface area contributed by atoms with E-state index in [4.69, 9.17) is 0 Å². The Bertz CT molecular complexity index is 763. The van der Waals surface area contributed by atoms with Crippen molar-refractivity contribution >= 4 is 17.6 Å². The average molecular weight is 443 g/mol. The van der Waals surface area contributed by atoms with E-state index in [9.17, 15) is 9.59 Å². The molecule has 1 aromatic rings. The number of carbonyl (C=O) groups excluding carboxylic acids is 2. The summed E-state index contributed by atoms with van der Waals surface area (Å²) >= 11 is 0. The van der Waals surface area contributed by atoms with Gasteiger partial charge < -0.3 is 15.1 Å². The van der Waals surface area contributed by atoms with Crippen LogP contribution in [0.3, 0.4) is 0 Å². The Morgan fingerprint density at radius 3 is 2.31 bits per heavy atom. The summed E-state index contributed by atoms with van der Waals surface area (Å²) in [6.07, 6.45) is 5.69. The highest BCUT2D eigenvalue weighted by molar-refractivity contribution is 5.94. The molecule has 0 atom stereocenters. The standard InChI is InChI=1S/C24H38N6O2/c1-19(2)16-26-24(32)20-6-7-22(25-17-20)29-10-8-27(9-11-29)18-23(31)30-14-12-28(13-15-30)21-4-3-5-21/h6-7,17,19,21H,3-5,8-16,18H2,1-2H3,(H,26,32). The largest absolute Gasteiger partial charge is 0.354 e. The fourth-order valence-electron chi connectivity index (χ4n) is 4.62. The predicted octanol–water partition coefficient (Wildman–Crippen LogP) is 1.29. The molecule has 8 nitrogen and oxygen atoms in total. The number of aromatic nitrogens is 1. The summed E-state index contributed by atoms with van der Waals surface area (Å²) in [6.45, 7) is 12.5. The maximum atomic E-state index is 12.8. The van der Waals surface area contributed by atoms with Crippen LogP contribution in [-0.2, 0) is 4.79 Å². The number of hydrogen-bond acceptors (Lipinski definition) is 6. The molecule has 1 aromatic heterocycles. The molecule has 3 fully saturated rings. The van der Waals surface area contributed by atoms with Crippen LogP contribution in [0.4, 0.5) is 5.82 Å². The second-order valence-corrected chi connectivity index (χ2v) is 9.77. The summed E-state index contributed by atoms with van der Waals surface area (Å²) in [5.41, 5.74) is 0.594. The molecule has 32 heavy (non-hydrogen) atoms. The summed E-state index contributed by atoms with van der Waals surface area (Å²) in [4.78, 5) is 38.6.